The molecular weight excluding hydrogens is 403 g/mol. The summed E-state index contributed by atoms with van der Waals surface area (Å²) in [6.07, 6.45) is -11.5. The molecule has 0 aliphatic heterocycles. The summed E-state index contributed by atoms with van der Waals surface area (Å²) in [6, 6.07) is 1.23. The predicted molar refractivity (Wildman–Crippen MR) is 69.4 cm³/mol. The van der Waals surface area contributed by atoms with E-state index in [1.165, 1.54) is 11.4 Å². The van der Waals surface area contributed by atoms with Crippen LogP contribution in [0.3, 0.4) is 0 Å². The number of rotatable bonds is 2. The molecule has 0 unspecified atom stereocenters. The van der Waals surface area contributed by atoms with E-state index in [-0.39, 0.29) is 14.9 Å². The van der Waals surface area contributed by atoms with Crippen molar-refractivity contribution in [3.63, 3.8) is 0 Å². The van der Waals surface area contributed by atoms with Crippen LogP contribution < -0.4 is 0 Å². The molecule has 3 aromatic rings. The van der Waals surface area contributed by atoms with Crippen LogP contribution in [0.1, 0.15) is 11.3 Å². The van der Waals surface area contributed by atoms with Gasteiger partial charge in [0.1, 0.15) is 16.7 Å². The molecule has 3 heterocycles. The Morgan fingerprint density at radius 2 is 1.62 bits per heavy atom. The smallest absolute Gasteiger partial charge is 0.225 e. The van der Waals surface area contributed by atoms with Crippen LogP contribution in [0.25, 0.3) is 16.0 Å². The van der Waals surface area contributed by atoms with Crippen molar-refractivity contribution in [3.05, 3.63) is 35.0 Å². The second kappa shape index (κ2) is 5.56. The number of nitrogens with zero attached hydrogens (tertiary/aromatic N) is 4. The predicted octanol–water partition coefficient (Wildman–Crippen LogP) is 4.69. The zero-order chi connectivity index (χ0) is 19.5. The Balaban J connectivity index is 2.35. The van der Waals surface area contributed by atoms with Gasteiger partial charge in [-0.1, -0.05) is 0 Å². The van der Waals surface area contributed by atoms with Crippen LogP contribution in [0.2, 0.25) is 0 Å². The lowest BCUT2D eigenvalue weighted by Gasteiger charge is -2.19. The maximum absolute atomic E-state index is 14.3. The zero-order valence-corrected chi connectivity index (χ0v) is 12.6. The minimum Gasteiger partial charge on any atom is -0.225 e. The zero-order valence-electron chi connectivity index (χ0n) is 11.8. The highest BCUT2D eigenvalue weighted by molar-refractivity contribution is 7.16. The average Bonchev–Trinajstić information content (AvgIpc) is 3.09. The van der Waals surface area contributed by atoms with Crippen molar-refractivity contribution in [1.29, 1.82) is 0 Å². The Hall–Kier alpha value is -2.38. The fourth-order valence-electron chi connectivity index (χ4n) is 2.09. The molecule has 0 amide bonds. The van der Waals surface area contributed by atoms with Gasteiger partial charge < -0.3 is 0 Å². The number of thiophene rings is 1. The molecule has 0 N–H and O–H groups in total. The summed E-state index contributed by atoms with van der Waals surface area (Å²) < 4.78 is 117. The molecule has 3 rings (SSSR count). The molecule has 0 atom stereocenters. The molecule has 26 heavy (non-hydrogen) atoms. The van der Waals surface area contributed by atoms with Crippen LogP contribution in [0.15, 0.2) is 17.8 Å². The maximum atomic E-state index is 14.3. The van der Waals surface area contributed by atoms with E-state index in [0.717, 1.165) is 17.7 Å². The van der Waals surface area contributed by atoms with Gasteiger partial charge >= 0.3 is 18.3 Å². The van der Waals surface area contributed by atoms with Crippen LogP contribution in [-0.2, 0) is 12.1 Å². The standard InChI is InChI=1S/C12H3F9N4S/c13-7-5(11(16,17)18)6(10(14,15)12(19,20)21)24-25(7)8-4-1-2-26-9(4)23-3-22-8/h1-3H. The van der Waals surface area contributed by atoms with Crippen LogP contribution in [0, 0.1) is 5.95 Å². The van der Waals surface area contributed by atoms with Crippen molar-refractivity contribution in [2.45, 2.75) is 18.3 Å². The quantitative estimate of drug-likeness (QED) is 0.580. The highest BCUT2D eigenvalue weighted by Crippen LogP contribution is 2.48. The highest BCUT2D eigenvalue weighted by Gasteiger charge is 2.64. The normalized spacial score (nSPS) is 13.6. The van der Waals surface area contributed by atoms with E-state index < -0.39 is 41.3 Å². The van der Waals surface area contributed by atoms with Gasteiger partial charge in [0.15, 0.2) is 11.5 Å². The van der Waals surface area contributed by atoms with Gasteiger partial charge in [-0.05, 0) is 11.4 Å². The van der Waals surface area contributed by atoms with Crippen LogP contribution in [-0.4, -0.2) is 25.9 Å². The van der Waals surface area contributed by atoms with Crippen molar-refractivity contribution < 1.29 is 39.5 Å². The largest absolute Gasteiger partial charge is 0.459 e. The minimum absolute atomic E-state index is 0.0745. The Morgan fingerprint density at radius 1 is 0.962 bits per heavy atom. The first kappa shape index (κ1) is 18.4. The summed E-state index contributed by atoms with van der Waals surface area (Å²) >= 11 is 0.963. The second-order valence-electron chi connectivity index (χ2n) is 4.83. The first-order valence-corrected chi connectivity index (χ1v) is 7.23. The van der Waals surface area contributed by atoms with Crippen molar-refractivity contribution in [3.8, 4) is 5.82 Å². The molecule has 0 fully saturated rings. The lowest BCUT2D eigenvalue weighted by molar-refractivity contribution is -0.292. The van der Waals surface area contributed by atoms with Crippen LogP contribution in [0.4, 0.5) is 39.5 Å². The molecular formula is C12H3F9N4S. The van der Waals surface area contributed by atoms with Gasteiger partial charge in [-0.25, -0.2) is 9.97 Å². The highest BCUT2D eigenvalue weighted by atomic mass is 32.1. The first-order chi connectivity index (χ1) is 11.9. The van der Waals surface area contributed by atoms with E-state index >= 15 is 0 Å². The van der Waals surface area contributed by atoms with Crippen LogP contribution >= 0.6 is 11.3 Å². The van der Waals surface area contributed by atoms with E-state index in [4.69, 9.17) is 0 Å². The number of fused-ring (bicyclic) bond motifs is 1. The van der Waals surface area contributed by atoms with E-state index in [2.05, 4.69) is 15.1 Å². The lowest BCUT2D eigenvalue weighted by atomic mass is 10.1. The third-order valence-electron chi connectivity index (χ3n) is 3.21. The van der Waals surface area contributed by atoms with Crippen molar-refractivity contribution in [2.24, 2.45) is 0 Å². The number of aromatic nitrogens is 4. The maximum Gasteiger partial charge on any atom is 0.459 e. The number of hydrogen-bond donors (Lipinski definition) is 0. The van der Waals surface area contributed by atoms with Gasteiger partial charge in [0.05, 0.1) is 5.39 Å². The molecule has 0 saturated heterocycles. The minimum atomic E-state index is -6.41. The lowest BCUT2D eigenvalue weighted by Crippen LogP contribution is -2.36. The second-order valence-corrected chi connectivity index (χ2v) is 5.73. The Morgan fingerprint density at radius 3 is 2.19 bits per heavy atom. The summed E-state index contributed by atoms with van der Waals surface area (Å²) in [5, 5.41) is 3.89. The van der Waals surface area contributed by atoms with E-state index in [1.807, 2.05) is 0 Å². The van der Waals surface area contributed by atoms with Gasteiger partial charge in [0.25, 0.3) is 0 Å². The van der Waals surface area contributed by atoms with Crippen molar-refractivity contribution >= 4 is 21.6 Å². The molecule has 0 spiro atoms. The van der Waals surface area contributed by atoms with Crippen LogP contribution in [0.5, 0.6) is 0 Å². The summed E-state index contributed by atoms with van der Waals surface area (Å²) in [5.41, 5.74) is -5.61. The molecule has 0 aliphatic carbocycles. The summed E-state index contributed by atoms with van der Waals surface area (Å²) in [6.45, 7) is 0. The van der Waals surface area contributed by atoms with Crippen molar-refractivity contribution in [2.75, 3.05) is 0 Å². The first-order valence-electron chi connectivity index (χ1n) is 6.35. The molecule has 140 valence electrons. The molecule has 0 radical (unpaired) electrons. The summed E-state index contributed by atoms with van der Waals surface area (Å²) in [7, 11) is 0. The van der Waals surface area contributed by atoms with Gasteiger partial charge in [0.2, 0.25) is 5.95 Å². The van der Waals surface area contributed by atoms with Gasteiger partial charge in [0, 0.05) is 0 Å². The van der Waals surface area contributed by atoms with E-state index in [9.17, 15) is 39.5 Å². The number of hydrogen-bond acceptors (Lipinski definition) is 4. The van der Waals surface area contributed by atoms with Gasteiger partial charge in [-0.15, -0.1) is 11.3 Å². The Labute approximate surface area is 140 Å². The third kappa shape index (κ3) is 2.68. The fraction of sp³-hybridized carbons (Fsp3) is 0.250. The van der Waals surface area contributed by atoms with E-state index in [0.29, 0.717) is 0 Å². The number of alkyl halides is 8. The van der Waals surface area contributed by atoms with Gasteiger partial charge in [-0.3, -0.25) is 0 Å². The molecule has 14 heteroatoms. The van der Waals surface area contributed by atoms with E-state index in [1.54, 1.807) is 0 Å². The topological polar surface area (TPSA) is 43.6 Å². The molecule has 3 aromatic heterocycles. The molecule has 0 bridgehead atoms. The molecule has 4 nitrogen and oxygen atoms in total. The monoisotopic (exact) mass is 406 g/mol. The molecule has 0 aliphatic rings. The summed E-state index contributed by atoms with van der Waals surface area (Å²) in [4.78, 5) is 7.31. The van der Waals surface area contributed by atoms with Gasteiger partial charge in [-0.2, -0.15) is 49.3 Å². The average molecular weight is 406 g/mol. The van der Waals surface area contributed by atoms with Crippen molar-refractivity contribution in [1.82, 2.24) is 19.7 Å². The Bertz CT molecular complexity index is 969. The number of halogens is 9. The SMILES string of the molecule is Fc1c(C(F)(F)F)c(C(F)(F)C(F)(F)F)nn1-c1ncnc2sccc12. The Kier molecular flexibility index (Phi) is 3.94. The fourth-order valence-corrected chi connectivity index (χ4v) is 2.82. The molecule has 0 aromatic carbocycles. The summed E-state index contributed by atoms with van der Waals surface area (Å²) in [5.74, 6) is -9.18. The molecule has 0 saturated carbocycles. The third-order valence-corrected chi connectivity index (χ3v) is 4.03.